The third kappa shape index (κ3) is 4.53. The van der Waals surface area contributed by atoms with E-state index in [1.807, 2.05) is 46.0 Å². The van der Waals surface area contributed by atoms with Gasteiger partial charge in [-0.05, 0) is 61.2 Å². The molecule has 0 aliphatic carbocycles. The van der Waals surface area contributed by atoms with Gasteiger partial charge in [0.15, 0.2) is 0 Å². The molecule has 0 radical (unpaired) electrons. The number of halogens is 1. The average Bonchev–Trinajstić information content (AvgIpc) is 2.90. The predicted octanol–water partition coefficient (Wildman–Crippen LogP) is 3.78. The van der Waals surface area contributed by atoms with Gasteiger partial charge in [-0.25, -0.2) is 17.8 Å². The van der Waals surface area contributed by atoms with Gasteiger partial charge in [-0.15, -0.1) is 0 Å². The van der Waals surface area contributed by atoms with Crippen LogP contribution in [0.3, 0.4) is 0 Å². The normalized spacial score (nSPS) is 11.9. The highest BCUT2D eigenvalue weighted by molar-refractivity contribution is 7.89. The second kappa shape index (κ2) is 8.79. The molecule has 0 atom stereocenters. The molecule has 0 saturated heterocycles. The zero-order chi connectivity index (χ0) is 22.1. The van der Waals surface area contributed by atoms with Gasteiger partial charge >= 0.3 is 0 Å². The molecule has 0 bridgehead atoms. The predicted molar refractivity (Wildman–Crippen MR) is 120 cm³/mol. The first-order valence-corrected chi connectivity index (χ1v) is 11.6. The van der Waals surface area contributed by atoms with Crippen LogP contribution in [0, 0.1) is 6.92 Å². The van der Waals surface area contributed by atoms with Crippen LogP contribution in [0.15, 0.2) is 58.2 Å². The molecule has 3 aromatic rings. The summed E-state index contributed by atoms with van der Waals surface area (Å²) in [7, 11) is -1.83. The number of nitrogens with zero attached hydrogens (tertiary/aromatic N) is 2. The molecule has 2 aromatic carbocycles. The Balaban J connectivity index is 1.78. The lowest BCUT2D eigenvalue weighted by atomic mass is 10.0. The maximum absolute atomic E-state index is 12.8. The average molecular weight is 448 g/mol. The minimum absolute atomic E-state index is 0.0831. The molecular weight excluding hydrogens is 422 g/mol. The van der Waals surface area contributed by atoms with E-state index in [0.717, 1.165) is 16.8 Å². The van der Waals surface area contributed by atoms with Crippen molar-refractivity contribution >= 4 is 21.6 Å². The molecule has 1 heterocycles. The summed E-state index contributed by atoms with van der Waals surface area (Å²) < 4.78 is 31.2. The fraction of sp³-hybridized carbons (Fsp3) is 0.318. The van der Waals surface area contributed by atoms with Gasteiger partial charge < -0.3 is 0 Å². The van der Waals surface area contributed by atoms with Crippen LogP contribution >= 0.6 is 11.6 Å². The maximum atomic E-state index is 12.8. The van der Waals surface area contributed by atoms with Crippen molar-refractivity contribution in [3.8, 4) is 5.69 Å². The number of hydrogen-bond acceptors (Lipinski definition) is 3. The molecule has 160 valence electrons. The van der Waals surface area contributed by atoms with Crippen LogP contribution in [0.25, 0.3) is 5.69 Å². The van der Waals surface area contributed by atoms with Crippen LogP contribution in [-0.2, 0) is 23.5 Å². The van der Waals surface area contributed by atoms with Crippen molar-refractivity contribution in [2.45, 2.75) is 38.0 Å². The van der Waals surface area contributed by atoms with E-state index in [4.69, 9.17) is 11.6 Å². The Hall–Kier alpha value is -2.35. The second-order valence-corrected chi connectivity index (χ2v) is 9.77. The Labute approximate surface area is 182 Å². The highest BCUT2D eigenvalue weighted by Gasteiger charge is 2.19. The highest BCUT2D eigenvalue weighted by atomic mass is 35.5. The van der Waals surface area contributed by atoms with Gasteiger partial charge in [0.2, 0.25) is 10.0 Å². The van der Waals surface area contributed by atoms with Crippen LogP contribution < -0.4 is 10.3 Å². The van der Waals surface area contributed by atoms with Gasteiger partial charge in [0, 0.05) is 29.9 Å². The van der Waals surface area contributed by atoms with E-state index in [9.17, 15) is 13.2 Å². The smallest absolute Gasteiger partial charge is 0.275 e. The van der Waals surface area contributed by atoms with E-state index >= 15 is 0 Å². The third-order valence-electron chi connectivity index (χ3n) is 5.16. The van der Waals surface area contributed by atoms with Gasteiger partial charge in [0.05, 0.1) is 10.6 Å². The van der Waals surface area contributed by atoms with E-state index in [2.05, 4.69) is 4.72 Å². The number of hydrogen-bond donors (Lipinski definition) is 1. The first-order valence-electron chi connectivity index (χ1n) is 9.75. The largest absolute Gasteiger partial charge is 0.285 e. The summed E-state index contributed by atoms with van der Waals surface area (Å²) in [6.07, 6.45) is 0.536. The number of sulfonamides is 1. The highest BCUT2D eigenvalue weighted by Crippen LogP contribution is 2.19. The molecule has 0 unspecified atom stereocenters. The number of benzene rings is 2. The summed E-state index contributed by atoms with van der Waals surface area (Å²) in [4.78, 5) is 13.0. The molecule has 0 fully saturated rings. The number of rotatable bonds is 7. The minimum Gasteiger partial charge on any atom is -0.285 e. The molecule has 0 spiro atoms. The van der Waals surface area contributed by atoms with Gasteiger partial charge in [-0.1, -0.05) is 37.6 Å². The Morgan fingerprint density at radius 2 is 1.77 bits per heavy atom. The first-order chi connectivity index (χ1) is 14.1. The van der Waals surface area contributed by atoms with Gasteiger partial charge in [-0.2, -0.15) is 0 Å². The van der Waals surface area contributed by atoms with E-state index in [-0.39, 0.29) is 22.9 Å². The fourth-order valence-corrected chi connectivity index (χ4v) is 4.80. The standard InChI is InChI=1S/C22H26ClN3O3S/c1-15(2)21-16(3)25(4)26(22(21)27)19-8-10-20(11-9-19)30(28,29)24-13-12-17-6-5-7-18(23)14-17/h5-11,14-15,24H,12-13H2,1-4H3. The lowest BCUT2D eigenvalue weighted by molar-refractivity contribution is 0.581. The lowest BCUT2D eigenvalue weighted by Gasteiger charge is -2.10. The molecule has 30 heavy (non-hydrogen) atoms. The minimum atomic E-state index is -3.65. The van der Waals surface area contributed by atoms with Crippen molar-refractivity contribution in [2.24, 2.45) is 7.05 Å². The van der Waals surface area contributed by atoms with Crippen LogP contribution in [-0.4, -0.2) is 24.3 Å². The number of aromatic nitrogens is 2. The molecule has 0 amide bonds. The molecule has 0 aliphatic rings. The Kier molecular flexibility index (Phi) is 6.55. The third-order valence-corrected chi connectivity index (χ3v) is 6.87. The molecule has 6 nitrogen and oxygen atoms in total. The SMILES string of the molecule is Cc1c(C(C)C)c(=O)n(-c2ccc(S(=O)(=O)NCCc3cccc(Cl)c3)cc2)n1C. The molecule has 0 saturated carbocycles. The summed E-state index contributed by atoms with van der Waals surface area (Å²) in [5.74, 6) is 0.105. The zero-order valence-corrected chi connectivity index (χ0v) is 19.1. The number of nitrogens with one attached hydrogen (secondary N) is 1. The Morgan fingerprint density at radius 3 is 2.33 bits per heavy atom. The Bertz CT molecular complexity index is 1210. The van der Waals surface area contributed by atoms with Crippen molar-refractivity contribution in [2.75, 3.05) is 6.54 Å². The summed E-state index contributed by atoms with van der Waals surface area (Å²) in [5, 5.41) is 0.623. The molecule has 8 heteroatoms. The summed E-state index contributed by atoms with van der Waals surface area (Å²) >= 11 is 5.96. The Morgan fingerprint density at radius 1 is 1.10 bits per heavy atom. The van der Waals surface area contributed by atoms with Crippen molar-refractivity contribution < 1.29 is 8.42 Å². The molecule has 1 aromatic heterocycles. The molecule has 0 aliphatic heterocycles. The van der Waals surface area contributed by atoms with Gasteiger partial charge in [-0.3, -0.25) is 9.48 Å². The van der Waals surface area contributed by atoms with Crippen LogP contribution in [0.4, 0.5) is 0 Å². The second-order valence-electron chi connectivity index (χ2n) is 7.57. The van der Waals surface area contributed by atoms with E-state index in [1.165, 1.54) is 12.1 Å². The van der Waals surface area contributed by atoms with Crippen molar-refractivity contribution in [1.29, 1.82) is 0 Å². The summed E-state index contributed by atoms with van der Waals surface area (Å²) in [6.45, 7) is 6.14. The fourth-order valence-electron chi connectivity index (χ4n) is 3.56. The van der Waals surface area contributed by atoms with Crippen LogP contribution in [0.2, 0.25) is 5.02 Å². The molecule has 1 N–H and O–H groups in total. The molecular formula is C22H26ClN3O3S. The van der Waals surface area contributed by atoms with Crippen LogP contribution in [0.5, 0.6) is 0 Å². The van der Waals surface area contributed by atoms with Crippen LogP contribution in [0.1, 0.15) is 36.6 Å². The van der Waals surface area contributed by atoms with Crippen molar-refractivity contribution in [1.82, 2.24) is 14.1 Å². The van der Waals surface area contributed by atoms with Crippen molar-refractivity contribution in [3.05, 3.63) is 80.7 Å². The monoisotopic (exact) mass is 447 g/mol. The zero-order valence-electron chi connectivity index (χ0n) is 17.5. The van der Waals surface area contributed by atoms with Gasteiger partial charge in [0.25, 0.3) is 5.56 Å². The topological polar surface area (TPSA) is 73.1 Å². The van der Waals surface area contributed by atoms with Crippen molar-refractivity contribution in [3.63, 3.8) is 0 Å². The lowest BCUT2D eigenvalue weighted by Crippen LogP contribution is -2.26. The molecule has 3 rings (SSSR count). The van der Waals surface area contributed by atoms with E-state index in [1.54, 1.807) is 27.6 Å². The summed E-state index contributed by atoms with van der Waals surface area (Å²) in [5.41, 5.74) is 3.15. The van der Waals surface area contributed by atoms with E-state index < -0.39 is 10.0 Å². The van der Waals surface area contributed by atoms with Gasteiger partial charge in [0.1, 0.15) is 0 Å². The maximum Gasteiger partial charge on any atom is 0.275 e. The first kappa shape index (κ1) is 22.3. The van der Waals surface area contributed by atoms with E-state index in [0.29, 0.717) is 17.1 Å². The summed E-state index contributed by atoms with van der Waals surface area (Å²) in [6, 6.07) is 13.7. The quantitative estimate of drug-likeness (QED) is 0.599.